The molecule has 0 aromatic heterocycles. The molecule has 14 heavy (non-hydrogen) atoms. The fourth-order valence-corrected chi connectivity index (χ4v) is 1.12. The molecule has 0 N–H and O–H groups in total. The number of aliphatic imine (C=N–C) groups is 2. The minimum absolute atomic E-state index is 0.174. The third kappa shape index (κ3) is 1.56. The number of hydrogen-bond donors (Lipinski definition) is 0. The van der Waals surface area contributed by atoms with Gasteiger partial charge in [0, 0.05) is 11.6 Å². The van der Waals surface area contributed by atoms with Crippen LogP contribution in [0.4, 0.5) is 13.6 Å². The van der Waals surface area contributed by atoms with Crippen LogP contribution in [0.15, 0.2) is 28.2 Å². The number of nitrogens with zero attached hydrogens (tertiary/aromatic N) is 2. The van der Waals surface area contributed by atoms with Gasteiger partial charge in [0.1, 0.15) is 11.6 Å². The molecular formula is C9H4F2N2O. The summed E-state index contributed by atoms with van der Waals surface area (Å²) >= 11 is 0. The molecule has 0 aliphatic carbocycles. The van der Waals surface area contributed by atoms with Gasteiger partial charge in [-0.3, -0.25) is 0 Å². The molecule has 1 aromatic carbocycles. The Bertz CT molecular complexity index is 446. The molecule has 0 spiro atoms. The molecule has 1 heterocycles. The first-order chi connectivity index (χ1) is 6.65. The van der Waals surface area contributed by atoms with Crippen molar-refractivity contribution in [2.45, 2.75) is 0 Å². The largest absolute Gasteiger partial charge is 0.367 e. The second-order valence-corrected chi connectivity index (χ2v) is 2.70. The van der Waals surface area contributed by atoms with Crippen molar-refractivity contribution in [3.8, 4) is 0 Å². The van der Waals surface area contributed by atoms with Crippen molar-refractivity contribution in [3.05, 3.63) is 35.4 Å². The van der Waals surface area contributed by atoms with Crippen molar-refractivity contribution >= 4 is 18.0 Å². The zero-order chi connectivity index (χ0) is 10.1. The summed E-state index contributed by atoms with van der Waals surface area (Å²) in [6.45, 7) is 0. The molecule has 5 heteroatoms. The summed E-state index contributed by atoms with van der Waals surface area (Å²) in [5.74, 6) is -1.43. The Morgan fingerprint density at radius 3 is 2.21 bits per heavy atom. The number of halogens is 2. The summed E-state index contributed by atoms with van der Waals surface area (Å²) in [6.07, 6.45) is 1.18. The fraction of sp³-hybridized carbons (Fsp3) is 0. The Morgan fingerprint density at radius 2 is 1.71 bits per heavy atom. The summed E-state index contributed by atoms with van der Waals surface area (Å²) in [6, 6.07) is 2.27. The molecule has 1 aromatic rings. The first-order valence-electron chi connectivity index (χ1n) is 3.78. The van der Waals surface area contributed by atoms with Crippen LogP contribution in [0.2, 0.25) is 0 Å². The van der Waals surface area contributed by atoms with Crippen molar-refractivity contribution in [1.29, 1.82) is 0 Å². The van der Waals surface area contributed by atoms with Crippen LogP contribution in [0, 0.1) is 11.6 Å². The molecule has 2 amide bonds. The van der Waals surface area contributed by atoms with Gasteiger partial charge < -0.3 is 0 Å². The van der Waals surface area contributed by atoms with Gasteiger partial charge in [-0.25, -0.2) is 13.6 Å². The summed E-state index contributed by atoms with van der Waals surface area (Å²) in [7, 11) is 0. The normalized spacial score (nSPS) is 14.7. The molecular weight excluding hydrogens is 190 g/mol. The van der Waals surface area contributed by atoms with Crippen LogP contribution in [0.5, 0.6) is 0 Å². The van der Waals surface area contributed by atoms with Gasteiger partial charge >= 0.3 is 6.03 Å². The SMILES string of the molecule is O=C1N=CC(c2cc(F)cc(F)c2)=N1. The highest BCUT2D eigenvalue weighted by Crippen LogP contribution is 2.10. The Balaban J connectivity index is 2.47. The predicted octanol–water partition coefficient (Wildman–Crippen LogP) is 1.96. The Morgan fingerprint density at radius 1 is 1.07 bits per heavy atom. The standard InChI is InChI=1S/C9H4F2N2O/c10-6-1-5(2-7(11)3-6)8-4-12-9(14)13-8/h1-4H. The summed E-state index contributed by atoms with van der Waals surface area (Å²) in [4.78, 5) is 17.4. The molecule has 2 rings (SSSR count). The van der Waals surface area contributed by atoms with E-state index in [2.05, 4.69) is 9.98 Å². The zero-order valence-corrected chi connectivity index (χ0v) is 6.87. The maximum absolute atomic E-state index is 12.8. The van der Waals surface area contributed by atoms with Crippen LogP contribution >= 0.6 is 0 Å². The Hall–Kier alpha value is -1.91. The smallest absolute Gasteiger partial charge is 0.244 e. The van der Waals surface area contributed by atoms with Crippen LogP contribution in [0.3, 0.4) is 0 Å². The minimum atomic E-state index is -0.713. The lowest BCUT2D eigenvalue weighted by Gasteiger charge is -1.97. The van der Waals surface area contributed by atoms with Crippen LogP contribution < -0.4 is 0 Å². The lowest BCUT2D eigenvalue weighted by Crippen LogP contribution is -2.00. The second-order valence-electron chi connectivity index (χ2n) is 2.70. The highest BCUT2D eigenvalue weighted by molar-refractivity contribution is 6.43. The lowest BCUT2D eigenvalue weighted by molar-refractivity contribution is 0.257. The number of urea groups is 1. The summed E-state index contributed by atoms with van der Waals surface area (Å²) in [5, 5.41) is 0. The molecule has 0 fully saturated rings. The molecule has 1 aliphatic heterocycles. The zero-order valence-electron chi connectivity index (χ0n) is 6.87. The first-order valence-corrected chi connectivity index (χ1v) is 3.78. The topological polar surface area (TPSA) is 41.8 Å². The van der Waals surface area contributed by atoms with E-state index in [1.165, 1.54) is 6.21 Å². The van der Waals surface area contributed by atoms with E-state index in [1.807, 2.05) is 0 Å². The van der Waals surface area contributed by atoms with Crippen molar-refractivity contribution < 1.29 is 13.6 Å². The van der Waals surface area contributed by atoms with E-state index in [4.69, 9.17) is 0 Å². The summed E-state index contributed by atoms with van der Waals surface area (Å²) in [5.41, 5.74) is 0.380. The van der Waals surface area contributed by atoms with Gasteiger partial charge in [0.2, 0.25) is 0 Å². The third-order valence-corrected chi connectivity index (χ3v) is 1.67. The van der Waals surface area contributed by atoms with E-state index >= 15 is 0 Å². The van der Waals surface area contributed by atoms with Gasteiger partial charge in [-0.2, -0.15) is 9.98 Å². The molecule has 0 unspecified atom stereocenters. The maximum Gasteiger partial charge on any atom is 0.367 e. The number of benzene rings is 1. The van der Waals surface area contributed by atoms with Crippen LogP contribution in [-0.4, -0.2) is 18.0 Å². The number of amides is 2. The van der Waals surface area contributed by atoms with Crippen molar-refractivity contribution in [2.75, 3.05) is 0 Å². The Kier molecular flexibility index (Phi) is 1.92. The average Bonchev–Trinajstić information content (AvgIpc) is 2.50. The Labute approximate surface area is 77.8 Å². The van der Waals surface area contributed by atoms with Gasteiger partial charge in [-0.05, 0) is 12.1 Å². The van der Waals surface area contributed by atoms with Crippen molar-refractivity contribution in [3.63, 3.8) is 0 Å². The minimum Gasteiger partial charge on any atom is -0.244 e. The highest BCUT2D eigenvalue weighted by atomic mass is 19.1. The molecule has 0 bridgehead atoms. The molecule has 1 aliphatic rings. The molecule has 0 radical (unpaired) electrons. The van der Waals surface area contributed by atoms with Crippen molar-refractivity contribution in [2.24, 2.45) is 9.98 Å². The van der Waals surface area contributed by atoms with E-state index < -0.39 is 17.7 Å². The van der Waals surface area contributed by atoms with E-state index in [9.17, 15) is 13.6 Å². The number of carbonyl (C=O) groups is 1. The van der Waals surface area contributed by atoms with Crippen molar-refractivity contribution in [1.82, 2.24) is 0 Å². The van der Waals surface area contributed by atoms with Crippen LogP contribution in [-0.2, 0) is 0 Å². The van der Waals surface area contributed by atoms with Gasteiger partial charge in [0.25, 0.3) is 0 Å². The second kappa shape index (κ2) is 3.10. The molecule has 3 nitrogen and oxygen atoms in total. The van der Waals surface area contributed by atoms with E-state index in [-0.39, 0.29) is 11.3 Å². The van der Waals surface area contributed by atoms with E-state index in [0.29, 0.717) is 0 Å². The lowest BCUT2D eigenvalue weighted by atomic mass is 10.1. The van der Waals surface area contributed by atoms with Gasteiger partial charge in [0.15, 0.2) is 0 Å². The average molecular weight is 194 g/mol. The number of hydrogen-bond acceptors (Lipinski definition) is 1. The number of carbonyl (C=O) groups excluding carboxylic acids is 1. The van der Waals surface area contributed by atoms with Gasteiger partial charge in [0.05, 0.1) is 11.9 Å². The predicted molar refractivity (Wildman–Crippen MR) is 46.8 cm³/mol. The maximum atomic E-state index is 12.8. The molecule has 0 saturated heterocycles. The van der Waals surface area contributed by atoms with Crippen LogP contribution in [0.1, 0.15) is 5.56 Å². The molecule has 0 atom stereocenters. The van der Waals surface area contributed by atoms with E-state index in [0.717, 1.165) is 18.2 Å². The first kappa shape index (κ1) is 8.68. The third-order valence-electron chi connectivity index (χ3n) is 1.67. The highest BCUT2D eigenvalue weighted by Gasteiger charge is 2.12. The fourth-order valence-electron chi connectivity index (χ4n) is 1.12. The quantitative estimate of drug-likeness (QED) is 0.673. The van der Waals surface area contributed by atoms with Gasteiger partial charge in [-0.15, -0.1) is 0 Å². The van der Waals surface area contributed by atoms with Gasteiger partial charge in [-0.1, -0.05) is 0 Å². The summed E-state index contributed by atoms with van der Waals surface area (Å²) < 4.78 is 25.5. The monoisotopic (exact) mass is 194 g/mol. The molecule has 0 saturated carbocycles. The molecule has 70 valence electrons. The number of rotatable bonds is 1. The van der Waals surface area contributed by atoms with E-state index in [1.54, 1.807) is 0 Å². The van der Waals surface area contributed by atoms with Crippen LogP contribution in [0.25, 0.3) is 0 Å².